The van der Waals surface area contributed by atoms with Gasteiger partial charge in [0, 0.05) is 18.1 Å². The highest BCUT2D eigenvalue weighted by atomic mass is 32.2. The van der Waals surface area contributed by atoms with Gasteiger partial charge in [-0.05, 0) is 36.2 Å². The number of pyridine rings is 1. The number of nitrogens with zero attached hydrogens (tertiary/aromatic N) is 1. The minimum absolute atomic E-state index is 0.119. The first-order valence-electron chi connectivity index (χ1n) is 5.84. The fraction of sp³-hybridized carbons (Fsp3) is 0.154. The number of benzene rings is 1. The second-order valence-corrected chi connectivity index (χ2v) is 5.74. The lowest BCUT2D eigenvalue weighted by atomic mass is 10.1. The number of aryl methyl sites for hydroxylation is 1. The van der Waals surface area contributed by atoms with Crippen molar-refractivity contribution in [1.29, 1.82) is 0 Å². The van der Waals surface area contributed by atoms with Crippen molar-refractivity contribution >= 4 is 21.4 Å². The smallest absolute Gasteiger partial charge is 0.263 e. The molecule has 1 aromatic heterocycles. The van der Waals surface area contributed by atoms with Crippen LogP contribution in [0.2, 0.25) is 0 Å². The first kappa shape index (κ1) is 13.4. The molecule has 0 saturated carbocycles. The Morgan fingerprint density at radius 1 is 1.32 bits per heavy atom. The second-order valence-electron chi connectivity index (χ2n) is 4.06. The minimum atomic E-state index is -3.62. The average molecular weight is 277 g/mol. The van der Waals surface area contributed by atoms with Crippen molar-refractivity contribution in [1.82, 2.24) is 4.98 Å². The summed E-state index contributed by atoms with van der Waals surface area (Å²) in [5.74, 6) is 0. The lowest BCUT2D eigenvalue weighted by molar-refractivity contribution is 0.601. The molecule has 1 heterocycles. The van der Waals surface area contributed by atoms with Gasteiger partial charge in [0.1, 0.15) is 4.90 Å². The van der Waals surface area contributed by atoms with E-state index in [1.165, 1.54) is 18.5 Å². The normalized spacial score (nSPS) is 11.2. The predicted octanol–water partition coefficient (Wildman–Crippen LogP) is 2.03. The molecule has 0 aliphatic rings. The van der Waals surface area contributed by atoms with Gasteiger partial charge in [-0.15, -0.1) is 0 Å². The molecule has 0 bridgehead atoms. The lowest BCUT2D eigenvalue weighted by Gasteiger charge is -2.10. The Balaban J connectivity index is 2.29. The molecule has 0 fully saturated rings. The molecule has 0 amide bonds. The third kappa shape index (κ3) is 3.03. The van der Waals surface area contributed by atoms with Gasteiger partial charge in [0.05, 0.1) is 5.69 Å². The third-order valence-electron chi connectivity index (χ3n) is 2.72. The van der Waals surface area contributed by atoms with E-state index in [-0.39, 0.29) is 4.90 Å². The Labute approximate surface area is 112 Å². The average Bonchev–Trinajstić information content (AvgIpc) is 2.39. The van der Waals surface area contributed by atoms with Crippen molar-refractivity contribution in [3.8, 4) is 0 Å². The van der Waals surface area contributed by atoms with Crippen molar-refractivity contribution in [2.24, 2.45) is 0 Å². The Bertz CT molecular complexity index is 670. The van der Waals surface area contributed by atoms with Crippen LogP contribution in [-0.2, 0) is 16.4 Å². The molecule has 0 unspecified atom stereocenters. The fourth-order valence-electron chi connectivity index (χ4n) is 1.70. The van der Waals surface area contributed by atoms with Crippen molar-refractivity contribution in [2.75, 3.05) is 10.5 Å². The van der Waals surface area contributed by atoms with Gasteiger partial charge in [-0.1, -0.05) is 13.0 Å². The van der Waals surface area contributed by atoms with E-state index in [9.17, 15) is 8.42 Å². The van der Waals surface area contributed by atoms with Crippen LogP contribution in [0.4, 0.5) is 11.4 Å². The van der Waals surface area contributed by atoms with Crippen molar-refractivity contribution < 1.29 is 8.42 Å². The maximum atomic E-state index is 12.1. The Morgan fingerprint density at radius 2 is 2.11 bits per heavy atom. The summed E-state index contributed by atoms with van der Waals surface area (Å²) in [4.78, 5) is 3.91. The minimum Gasteiger partial charge on any atom is -0.398 e. The maximum Gasteiger partial charge on any atom is 0.263 e. The van der Waals surface area contributed by atoms with Crippen LogP contribution in [-0.4, -0.2) is 13.4 Å². The highest BCUT2D eigenvalue weighted by molar-refractivity contribution is 7.92. The Morgan fingerprint density at radius 3 is 2.68 bits per heavy atom. The van der Waals surface area contributed by atoms with Gasteiger partial charge in [-0.2, -0.15) is 0 Å². The topological polar surface area (TPSA) is 85.1 Å². The molecule has 3 N–H and O–H groups in total. The highest BCUT2D eigenvalue weighted by Crippen LogP contribution is 2.21. The summed E-state index contributed by atoms with van der Waals surface area (Å²) in [6, 6.07) is 8.19. The first-order chi connectivity index (χ1) is 9.03. The van der Waals surface area contributed by atoms with Gasteiger partial charge in [-0.25, -0.2) is 8.42 Å². The molecular weight excluding hydrogens is 262 g/mol. The fourth-order valence-corrected chi connectivity index (χ4v) is 2.71. The number of nitrogens with one attached hydrogen (secondary N) is 1. The van der Waals surface area contributed by atoms with Crippen LogP contribution in [0.5, 0.6) is 0 Å². The maximum absolute atomic E-state index is 12.1. The molecule has 0 spiro atoms. The molecule has 0 aliphatic carbocycles. The van der Waals surface area contributed by atoms with Gasteiger partial charge >= 0.3 is 0 Å². The predicted molar refractivity (Wildman–Crippen MR) is 75.3 cm³/mol. The van der Waals surface area contributed by atoms with Crippen LogP contribution >= 0.6 is 0 Å². The van der Waals surface area contributed by atoms with Gasteiger partial charge < -0.3 is 5.73 Å². The zero-order valence-electron chi connectivity index (χ0n) is 10.5. The van der Waals surface area contributed by atoms with Crippen molar-refractivity contribution in [3.05, 3.63) is 48.3 Å². The Hall–Kier alpha value is -2.08. The SMILES string of the molecule is CCc1ccc(NS(=O)(=O)c2cccnc2)cc1N. The van der Waals surface area contributed by atoms with Gasteiger partial charge in [0.15, 0.2) is 0 Å². The van der Waals surface area contributed by atoms with Crippen LogP contribution < -0.4 is 10.5 Å². The second kappa shape index (κ2) is 5.27. The van der Waals surface area contributed by atoms with Gasteiger partial charge in [-0.3, -0.25) is 9.71 Å². The number of anilines is 2. The highest BCUT2D eigenvalue weighted by Gasteiger charge is 2.14. The number of sulfonamides is 1. The summed E-state index contributed by atoms with van der Waals surface area (Å²) in [6.07, 6.45) is 3.63. The molecular formula is C13H15N3O2S. The monoisotopic (exact) mass is 277 g/mol. The largest absolute Gasteiger partial charge is 0.398 e. The van der Waals surface area contributed by atoms with E-state index in [2.05, 4.69) is 9.71 Å². The van der Waals surface area contributed by atoms with Crippen LogP contribution in [0, 0.1) is 0 Å². The van der Waals surface area contributed by atoms with Crippen LogP contribution in [0.3, 0.4) is 0 Å². The zero-order valence-corrected chi connectivity index (χ0v) is 11.3. The van der Waals surface area contributed by atoms with E-state index >= 15 is 0 Å². The molecule has 19 heavy (non-hydrogen) atoms. The first-order valence-corrected chi connectivity index (χ1v) is 7.32. The van der Waals surface area contributed by atoms with Crippen molar-refractivity contribution in [3.63, 3.8) is 0 Å². The summed E-state index contributed by atoms with van der Waals surface area (Å²) in [5.41, 5.74) is 7.85. The zero-order chi connectivity index (χ0) is 13.9. The van der Waals surface area contributed by atoms with E-state index in [0.717, 1.165) is 12.0 Å². The summed E-state index contributed by atoms with van der Waals surface area (Å²) >= 11 is 0. The van der Waals surface area contributed by atoms with Crippen molar-refractivity contribution in [2.45, 2.75) is 18.2 Å². The summed E-state index contributed by atoms with van der Waals surface area (Å²) in [6.45, 7) is 1.99. The molecule has 0 saturated heterocycles. The number of rotatable bonds is 4. The molecule has 6 heteroatoms. The quantitative estimate of drug-likeness (QED) is 0.837. The van der Waals surface area contributed by atoms with E-state index in [0.29, 0.717) is 11.4 Å². The number of aromatic nitrogens is 1. The number of nitrogens with two attached hydrogens (primary N) is 1. The number of nitrogen functional groups attached to an aromatic ring is 1. The third-order valence-corrected chi connectivity index (χ3v) is 4.09. The van der Waals surface area contributed by atoms with Crippen LogP contribution in [0.15, 0.2) is 47.6 Å². The van der Waals surface area contributed by atoms with E-state index in [1.54, 1.807) is 18.2 Å². The molecule has 100 valence electrons. The molecule has 0 aliphatic heterocycles. The van der Waals surface area contributed by atoms with Crippen LogP contribution in [0.1, 0.15) is 12.5 Å². The molecule has 2 aromatic rings. The summed E-state index contributed by atoms with van der Waals surface area (Å²) in [7, 11) is -3.62. The lowest BCUT2D eigenvalue weighted by Crippen LogP contribution is -2.13. The van der Waals surface area contributed by atoms with E-state index < -0.39 is 10.0 Å². The standard InChI is InChI=1S/C13H15N3O2S/c1-2-10-5-6-11(8-13(10)14)16-19(17,18)12-4-3-7-15-9-12/h3-9,16H,2,14H2,1H3. The number of hydrogen-bond acceptors (Lipinski definition) is 4. The Kier molecular flexibility index (Phi) is 3.71. The summed E-state index contributed by atoms with van der Waals surface area (Å²) in [5, 5.41) is 0. The van der Waals surface area contributed by atoms with Gasteiger partial charge in [0.25, 0.3) is 10.0 Å². The molecule has 2 rings (SSSR count). The molecule has 5 nitrogen and oxygen atoms in total. The van der Waals surface area contributed by atoms with E-state index in [4.69, 9.17) is 5.73 Å². The molecule has 0 radical (unpaired) electrons. The van der Waals surface area contributed by atoms with Crippen LogP contribution in [0.25, 0.3) is 0 Å². The van der Waals surface area contributed by atoms with E-state index in [1.807, 2.05) is 13.0 Å². The molecule has 1 aromatic carbocycles. The molecule has 0 atom stereocenters. The van der Waals surface area contributed by atoms with Gasteiger partial charge in [0.2, 0.25) is 0 Å². The number of hydrogen-bond donors (Lipinski definition) is 2. The summed E-state index contributed by atoms with van der Waals surface area (Å²) < 4.78 is 26.6.